The van der Waals surface area contributed by atoms with Crippen LogP contribution in [-0.4, -0.2) is 13.6 Å². The maximum Gasteiger partial charge on any atom is 0.0858 e. The highest BCUT2D eigenvalue weighted by molar-refractivity contribution is 5.52. The second kappa shape index (κ2) is 13.9. The number of hydrogen-bond acceptors (Lipinski definition) is 3. The van der Waals surface area contributed by atoms with Crippen molar-refractivity contribution in [1.82, 2.24) is 0 Å². The first-order valence-corrected chi connectivity index (χ1v) is 11.1. The summed E-state index contributed by atoms with van der Waals surface area (Å²) in [6.07, 6.45) is 13.8. The van der Waals surface area contributed by atoms with Gasteiger partial charge in [-0.1, -0.05) is 82.9 Å². The first-order chi connectivity index (χ1) is 13.8. The molecule has 3 nitrogen and oxygen atoms in total. The summed E-state index contributed by atoms with van der Waals surface area (Å²) < 4.78 is 0. The van der Waals surface area contributed by atoms with E-state index in [-0.39, 0.29) is 0 Å². The number of benzene rings is 2. The zero-order chi connectivity index (χ0) is 19.9. The van der Waals surface area contributed by atoms with Gasteiger partial charge >= 0.3 is 0 Å². The number of hydrogen-bond donors (Lipinski definition) is 0. The van der Waals surface area contributed by atoms with Crippen molar-refractivity contribution in [2.45, 2.75) is 71.1 Å². The average molecular weight is 380 g/mol. The van der Waals surface area contributed by atoms with Gasteiger partial charge in [-0.05, 0) is 42.8 Å². The van der Waals surface area contributed by atoms with Crippen LogP contribution in [0.2, 0.25) is 0 Å². The van der Waals surface area contributed by atoms with E-state index in [9.17, 15) is 0 Å². The van der Waals surface area contributed by atoms with Crippen LogP contribution in [0.1, 0.15) is 71.1 Å². The minimum absolute atomic E-state index is 0.879. The molecular weight excluding hydrogens is 342 g/mol. The van der Waals surface area contributed by atoms with Gasteiger partial charge in [-0.15, -0.1) is 0 Å². The summed E-state index contributed by atoms with van der Waals surface area (Å²) in [7, 11) is 2.17. The molecule has 0 heterocycles. The Labute approximate surface area is 171 Å². The zero-order valence-corrected chi connectivity index (χ0v) is 17.8. The van der Waals surface area contributed by atoms with Crippen molar-refractivity contribution in [3.63, 3.8) is 0 Å². The molecule has 0 N–H and O–H groups in total. The number of rotatable bonds is 14. The number of azo groups is 1. The molecular formula is C25H37N3. The number of unbranched alkanes of at least 4 members (excludes halogenated alkanes) is 9. The fourth-order valence-electron chi connectivity index (χ4n) is 3.35. The number of anilines is 1. The van der Waals surface area contributed by atoms with E-state index in [0.29, 0.717) is 0 Å². The van der Waals surface area contributed by atoms with E-state index >= 15 is 0 Å². The van der Waals surface area contributed by atoms with Crippen molar-refractivity contribution in [3.8, 4) is 0 Å². The first kappa shape index (κ1) is 22.1. The summed E-state index contributed by atoms with van der Waals surface area (Å²) in [5, 5.41) is 8.58. The third-order valence-electron chi connectivity index (χ3n) is 5.17. The molecule has 0 aliphatic rings. The Kier molecular flexibility index (Phi) is 11.0. The Morgan fingerprint density at radius 2 is 1.11 bits per heavy atom. The highest BCUT2D eigenvalue weighted by Gasteiger charge is 2.01. The van der Waals surface area contributed by atoms with Crippen LogP contribution in [0.15, 0.2) is 64.8 Å². The fraction of sp³-hybridized carbons (Fsp3) is 0.520. The van der Waals surface area contributed by atoms with Crippen LogP contribution < -0.4 is 4.90 Å². The Morgan fingerprint density at radius 3 is 1.68 bits per heavy atom. The van der Waals surface area contributed by atoms with E-state index in [2.05, 4.69) is 41.2 Å². The predicted octanol–water partition coefficient (Wildman–Crippen LogP) is 8.46. The maximum absolute atomic E-state index is 4.31. The van der Waals surface area contributed by atoms with Crippen LogP contribution in [0.4, 0.5) is 17.1 Å². The molecule has 0 aliphatic heterocycles. The topological polar surface area (TPSA) is 28.0 Å². The molecule has 0 fully saturated rings. The van der Waals surface area contributed by atoms with Gasteiger partial charge in [-0.3, -0.25) is 0 Å². The molecule has 0 atom stereocenters. The van der Waals surface area contributed by atoms with E-state index in [1.165, 1.54) is 69.9 Å². The van der Waals surface area contributed by atoms with Gasteiger partial charge in [0, 0.05) is 19.3 Å². The van der Waals surface area contributed by atoms with E-state index in [1.807, 2.05) is 42.5 Å². The normalized spacial score (nSPS) is 11.2. The highest BCUT2D eigenvalue weighted by atomic mass is 15.1. The highest BCUT2D eigenvalue weighted by Crippen LogP contribution is 2.22. The average Bonchev–Trinajstić information content (AvgIpc) is 2.74. The second-order valence-corrected chi connectivity index (χ2v) is 7.66. The Morgan fingerprint density at radius 1 is 0.607 bits per heavy atom. The fourth-order valence-corrected chi connectivity index (χ4v) is 3.35. The SMILES string of the molecule is CCCCCCCCCCCCN(C)c1ccc(N=Nc2ccccc2)cc1. The third-order valence-corrected chi connectivity index (χ3v) is 5.17. The molecule has 0 radical (unpaired) electrons. The van der Waals surface area contributed by atoms with Crippen molar-refractivity contribution in [2.24, 2.45) is 10.2 Å². The maximum atomic E-state index is 4.31. The van der Waals surface area contributed by atoms with Crippen molar-refractivity contribution in [1.29, 1.82) is 0 Å². The zero-order valence-electron chi connectivity index (χ0n) is 17.8. The van der Waals surface area contributed by atoms with Gasteiger partial charge in [0.25, 0.3) is 0 Å². The summed E-state index contributed by atoms with van der Waals surface area (Å²) in [6.45, 7) is 3.39. The first-order valence-electron chi connectivity index (χ1n) is 11.1. The minimum atomic E-state index is 0.879. The van der Waals surface area contributed by atoms with Crippen LogP contribution in [-0.2, 0) is 0 Å². The van der Waals surface area contributed by atoms with Gasteiger partial charge in [0.1, 0.15) is 0 Å². The molecule has 0 saturated heterocycles. The van der Waals surface area contributed by atoms with Crippen molar-refractivity contribution < 1.29 is 0 Å². The van der Waals surface area contributed by atoms with Crippen molar-refractivity contribution in [3.05, 3.63) is 54.6 Å². The smallest absolute Gasteiger partial charge is 0.0858 e. The number of nitrogens with zero attached hydrogens (tertiary/aromatic N) is 3. The molecule has 3 heteroatoms. The Balaban J connectivity index is 1.59. The second-order valence-electron chi connectivity index (χ2n) is 7.66. The Hall–Kier alpha value is -2.16. The molecule has 0 aliphatic carbocycles. The van der Waals surface area contributed by atoms with Crippen molar-refractivity contribution in [2.75, 3.05) is 18.5 Å². The van der Waals surface area contributed by atoms with Crippen LogP contribution in [0.5, 0.6) is 0 Å². The van der Waals surface area contributed by atoms with Crippen LogP contribution in [0.3, 0.4) is 0 Å². The monoisotopic (exact) mass is 379 g/mol. The lowest BCUT2D eigenvalue weighted by Crippen LogP contribution is -2.18. The summed E-state index contributed by atoms with van der Waals surface area (Å²) in [4.78, 5) is 2.34. The molecule has 0 bridgehead atoms. The molecule has 0 unspecified atom stereocenters. The molecule has 0 saturated carbocycles. The Bertz CT molecular complexity index is 649. The van der Waals surface area contributed by atoms with Crippen LogP contribution in [0, 0.1) is 0 Å². The molecule has 28 heavy (non-hydrogen) atoms. The van der Waals surface area contributed by atoms with E-state index in [1.54, 1.807) is 0 Å². The van der Waals surface area contributed by atoms with E-state index < -0.39 is 0 Å². The van der Waals surface area contributed by atoms with Gasteiger partial charge in [-0.25, -0.2) is 0 Å². The lowest BCUT2D eigenvalue weighted by Gasteiger charge is -2.19. The lowest BCUT2D eigenvalue weighted by molar-refractivity contribution is 0.556. The molecule has 0 amide bonds. The predicted molar refractivity (Wildman–Crippen MR) is 122 cm³/mol. The molecule has 152 valence electrons. The van der Waals surface area contributed by atoms with Gasteiger partial charge in [0.2, 0.25) is 0 Å². The summed E-state index contributed by atoms with van der Waals surface area (Å²) in [5.74, 6) is 0. The van der Waals surface area contributed by atoms with Crippen LogP contribution in [0.25, 0.3) is 0 Å². The molecule has 2 aromatic carbocycles. The molecule has 0 aromatic heterocycles. The van der Waals surface area contributed by atoms with Crippen molar-refractivity contribution >= 4 is 17.1 Å². The van der Waals surface area contributed by atoms with Crippen LogP contribution >= 0.6 is 0 Å². The summed E-state index contributed by atoms with van der Waals surface area (Å²) >= 11 is 0. The van der Waals surface area contributed by atoms with Gasteiger partial charge < -0.3 is 4.90 Å². The van der Waals surface area contributed by atoms with Gasteiger partial charge in [0.15, 0.2) is 0 Å². The largest absolute Gasteiger partial charge is 0.375 e. The summed E-state index contributed by atoms with van der Waals surface area (Å²) in [6, 6.07) is 18.2. The van der Waals surface area contributed by atoms with E-state index in [0.717, 1.165) is 17.9 Å². The quantitative estimate of drug-likeness (QED) is 0.239. The third kappa shape index (κ3) is 9.16. The molecule has 2 aromatic rings. The molecule has 2 rings (SSSR count). The lowest BCUT2D eigenvalue weighted by atomic mass is 10.1. The summed E-state index contributed by atoms with van der Waals surface area (Å²) in [5.41, 5.74) is 3.01. The molecule has 0 spiro atoms. The minimum Gasteiger partial charge on any atom is -0.375 e. The van der Waals surface area contributed by atoms with E-state index in [4.69, 9.17) is 0 Å². The van der Waals surface area contributed by atoms with Gasteiger partial charge in [-0.2, -0.15) is 10.2 Å². The standard InChI is InChI=1S/C25H37N3/c1-3-4-5-6-7-8-9-10-11-15-22-28(2)25-20-18-24(19-21-25)27-26-23-16-13-12-14-17-23/h12-14,16-21H,3-11,15,22H2,1-2H3. The van der Waals surface area contributed by atoms with Gasteiger partial charge in [0.05, 0.1) is 11.4 Å².